The van der Waals surface area contributed by atoms with Gasteiger partial charge in [-0.05, 0) is 60.6 Å². The van der Waals surface area contributed by atoms with E-state index in [0.717, 1.165) is 30.5 Å². The number of rotatable bonds is 6. The van der Waals surface area contributed by atoms with Crippen LogP contribution in [0.15, 0.2) is 67.0 Å². The fraction of sp³-hybridized carbons (Fsp3) is 0.231. The zero-order chi connectivity index (χ0) is 20.7. The topological polar surface area (TPSA) is 55.1 Å². The molecule has 2 aromatic heterocycles. The molecule has 1 aliphatic rings. The van der Waals surface area contributed by atoms with Crippen molar-refractivity contribution in [1.29, 1.82) is 0 Å². The highest BCUT2D eigenvalue weighted by Gasteiger charge is 2.26. The van der Waals surface area contributed by atoms with Crippen molar-refractivity contribution >= 4 is 16.9 Å². The molecule has 0 bridgehead atoms. The van der Waals surface area contributed by atoms with Crippen LogP contribution < -0.4 is 0 Å². The maximum absolute atomic E-state index is 11.9. The molecule has 2 aromatic carbocycles. The number of benzene rings is 2. The maximum atomic E-state index is 11.9. The van der Waals surface area contributed by atoms with E-state index in [2.05, 4.69) is 65.1 Å². The first-order chi connectivity index (χ1) is 14.6. The molecule has 0 spiro atoms. The van der Waals surface area contributed by atoms with Crippen molar-refractivity contribution < 1.29 is 9.90 Å². The molecule has 0 aliphatic heterocycles. The second kappa shape index (κ2) is 7.45. The Kier molecular flexibility index (Phi) is 4.62. The quantitative estimate of drug-likeness (QED) is 0.442. The van der Waals surface area contributed by atoms with Crippen molar-refractivity contribution in [1.82, 2.24) is 9.55 Å². The van der Waals surface area contributed by atoms with Crippen molar-refractivity contribution in [2.75, 3.05) is 0 Å². The summed E-state index contributed by atoms with van der Waals surface area (Å²) in [7, 11) is 0. The predicted molar refractivity (Wildman–Crippen MR) is 119 cm³/mol. The molecule has 1 aliphatic carbocycles. The Morgan fingerprint density at radius 2 is 1.93 bits per heavy atom. The molecule has 0 atom stereocenters. The lowest BCUT2D eigenvalue weighted by Crippen LogP contribution is -2.07. The van der Waals surface area contributed by atoms with Gasteiger partial charge in [0.2, 0.25) is 0 Å². The van der Waals surface area contributed by atoms with Gasteiger partial charge in [0.1, 0.15) is 0 Å². The van der Waals surface area contributed by atoms with Crippen LogP contribution in [0, 0.1) is 0 Å². The van der Waals surface area contributed by atoms with Crippen LogP contribution >= 0.6 is 0 Å². The second-order valence-electron chi connectivity index (χ2n) is 8.07. The maximum Gasteiger partial charge on any atom is 0.337 e. The molecule has 0 radical (unpaired) electrons. The molecule has 150 valence electrons. The molecule has 4 nitrogen and oxygen atoms in total. The number of carbonyl (C=O) groups is 1. The van der Waals surface area contributed by atoms with E-state index >= 15 is 0 Å². The number of carboxylic acid groups (broad SMARTS) is 1. The van der Waals surface area contributed by atoms with Crippen LogP contribution in [0.5, 0.6) is 0 Å². The molecule has 0 unspecified atom stereocenters. The minimum Gasteiger partial charge on any atom is -0.478 e. The van der Waals surface area contributed by atoms with Gasteiger partial charge in [-0.3, -0.25) is 4.98 Å². The lowest BCUT2D eigenvalue weighted by atomic mass is 9.99. The second-order valence-corrected chi connectivity index (χ2v) is 8.07. The number of carboxylic acids is 1. The van der Waals surface area contributed by atoms with Crippen LogP contribution in [0.2, 0.25) is 0 Å². The third-order valence-electron chi connectivity index (χ3n) is 6.01. The van der Waals surface area contributed by atoms with Crippen LogP contribution in [0.25, 0.3) is 22.0 Å². The molecule has 1 N–H and O–H groups in total. The fourth-order valence-corrected chi connectivity index (χ4v) is 4.23. The van der Waals surface area contributed by atoms with Crippen LogP contribution in [0.1, 0.15) is 52.9 Å². The minimum absolute atomic E-state index is 0.328. The molecule has 1 saturated carbocycles. The highest BCUT2D eigenvalue weighted by molar-refractivity contribution is 5.96. The Morgan fingerprint density at radius 1 is 1.13 bits per heavy atom. The molecule has 0 amide bonds. The number of pyridine rings is 1. The van der Waals surface area contributed by atoms with Crippen molar-refractivity contribution in [3.8, 4) is 11.1 Å². The SMILES string of the molecule is CCn1cc(-c2ccccc2)c2cc(Cc3ncc(C4CC4)cc3C(=O)O)ccc21. The molecule has 1 fully saturated rings. The average Bonchev–Trinajstić information content (AvgIpc) is 3.55. The lowest BCUT2D eigenvalue weighted by molar-refractivity contribution is 0.0695. The summed E-state index contributed by atoms with van der Waals surface area (Å²) < 4.78 is 2.26. The largest absolute Gasteiger partial charge is 0.478 e. The summed E-state index contributed by atoms with van der Waals surface area (Å²) >= 11 is 0. The fourth-order valence-electron chi connectivity index (χ4n) is 4.23. The Labute approximate surface area is 175 Å². The number of hydrogen-bond acceptors (Lipinski definition) is 2. The van der Waals surface area contributed by atoms with Gasteiger partial charge in [-0.25, -0.2) is 4.79 Å². The number of aromatic carboxylic acids is 1. The molecule has 4 aromatic rings. The Hall–Kier alpha value is -3.40. The molecule has 2 heterocycles. The first-order valence-corrected chi connectivity index (χ1v) is 10.5. The molecule has 0 saturated heterocycles. The van der Waals surface area contributed by atoms with Crippen molar-refractivity contribution in [2.24, 2.45) is 0 Å². The smallest absolute Gasteiger partial charge is 0.337 e. The van der Waals surface area contributed by atoms with Gasteiger partial charge < -0.3 is 9.67 Å². The number of aryl methyl sites for hydroxylation is 1. The van der Waals surface area contributed by atoms with E-state index in [0.29, 0.717) is 23.6 Å². The molecule has 4 heteroatoms. The normalized spacial score (nSPS) is 13.6. The summed E-state index contributed by atoms with van der Waals surface area (Å²) in [6, 6.07) is 18.6. The van der Waals surface area contributed by atoms with E-state index in [1.54, 1.807) is 0 Å². The van der Waals surface area contributed by atoms with Gasteiger partial charge in [-0.1, -0.05) is 36.4 Å². The summed E-state index contributed by atoms with van der Waals surface area (Å²) in [6.07, 6.45) is 6.84. The van der Waals surface area contributed by atoms with E-state index in [-0.39, 0.29) is 0 Å². The molecule has 5 rings (SSSR count). The van der Waals surface area contributed by atoms with Crippen LogP contribution in [-0.4, -0.2) is 20.6 Å². The van der Waals surface area contributed by atoms with Gasteiger partial charge in [-0.2, -0.15) is 0 Å². The van der Waals surface area contributed by atoms with Crippen LogP contribution in [0.4, 0.5) is 0 Å². The highest BCUT2D eigenvalue weighted by atomic mass is 16.4. The molecule has 30 heavy (non-hydrogen) atoms. The van der Waals surface area contributed by atoms with Crippen LogP contribution in [0.3, 0.4) is 0 Å². The number of nitrogens with zero attached hydrogens (tertiary/aromatic N) is 2. The zero-order valence-electron chi connectivity index (χ0n) is 17.0. The molecular weight excluding hydrogens is 372 g/mol. The van der Waals surface area contributed by atoms with Gasteiger partial charge in [0.25, 0.3) is 0 Å². The third kappa shape index (κ3) is 3.39. The van der Waals surface area contributed by atoms with Gasteiger partial charge >= 0.3 is 5.97 Å². The van der Waals surface area contributed by atoms with Crippen molar-refractivity contribution in [3.05, 3.63) is 89.4 Å². The number of aromatic nitrogens is 2. The first-order valence-electron chi connectivity index (χ1n) is 10.5. The van der Waals surface area contributed by atoms with Crippen molar-refractivity contribution in [3.63, 3.8) is 0 Å². The van der Waals surface area contributed by atoms with Gasteiger partial charge in [0.05, 0.1) is 11.3 Å². The van der Waals surface area contributed by atoms with Gasteiger partial charge in [0.15, 0.2) is 0 Å². The Morgan fingerprint density at radius 3 is 2.63 bits per heavy atom. The third-order valence-corrected chi connectivity index (χ3v) is 6.01. The minimum atomic E-state index is -0.900. The lowest BCUT2D eigenvalue weighted by Gasteiger charge is -2.09. The standard InChI is InChI=1S/C26H24N2O2/c1-2-28-16-23(19-6-4-3-5-7-19)21-12-17(8-11-25(21)28)13-24-22(26(29)30)14-20(15-27-24)18-9-10-18/h3-8,11-12,14-16,18H,2,9-10,13H2,1H3,(H,29,30). The Bertz CT molecular complexity index is 1240. The van der Waals surface area contributed by atoms with Crippen molar-refractivity contribution in [2.45, 2.75) is 38.6 Å². The summed E-state index contributed by atoms with van der Waals surface area (Å²) in [5, 5.41) is 10.9. The zero-order valence-corrected chi connectivity index (χ0v) is 17.0. The number of fused-ring (bicyclic) bond motifs is 1. The summed E-state index contributed by atoms with van der Waals surface area (Å²) in [5.74, 6) is -0.411. The Balaban J connectivity index is 1.56. The summed E-state index contributed by atoms with van der Waals surface area (Å²) in [6.45, 7) is 3.04. The van der Waals surface area contributed by atoms with E-state index in [9.17, 15) is 9.90 Å². The highest BCUT2D eigenvalue weighted by Crippen LogP contribution is 2.40. The van der Waals surface area contributed by atoms with Gasteiger partial charge in [0, 0.05) is 41.8 Å². The average molecular weight is 396 g/mol. The molecular formula is C26H24N2O2. The van der Waals surface area contributed by atoms with E-state index in [4.69, 9.17) is 0 Å². The van der Waals surface area contributed by atoms with Crippen LogP contribution in [-0.2, 0) is 13.0 Å². The summed E-state index contributed by atoms with van der Waals surface area (Å²) in [4.78, 5) is 16.4. The van der Waals surface area contributed by atoms with Gasteiger partial charge in [-0.15, -0.1) is 0 Å². The van der Waals surface area contributed by atoms with E-state index < -0.39 is 5.97 Å². The predicted octanol–water partition coefficient (Wildman–Crippen LogP) is 5.89. The monoisotopic (exact) mass is 396 g/mol. The van der Waals surface area contributed by atoms with E-state index in [1.807, 2.05) is 18.3 Å². The van der Waals surface area contributed by atoms with E-state index in [1.165, 1.54) is 22.0 Å². The summed E-state index contributed by atoms with van der Waals surface area (Å²) in [5.41, 5.74) is 6.66. The number of hydrogen-bond donors (Lipinski definition) is 1. The first kappa shape index (κ1) is 18.6.